The van der Waals surface area contributed by atoms with Crippen molar-refractivity contribution in [1.82, 2.24) is 10.3 Å². The van der Waals surface area contributed by atoms with Gasteiger partial charge < -0.3 is 15.8 Å². The van der Waals surface area contributed by atoms with Crippen LogP contribution in [-0.4, -0.2) is 23.2 Å². The molecule has 1 rings (SSSR count). The number of ether oxygens (including phenoxy) is 1. The van der Waals surface area contributed by atoms with Gasteiger partial charge in [0.15, 0.2) is 0 Å². The summed E-state index contributed by atoms with van der Waals surface area (Å²) in [6, 6.07) is 0.625. The summed E-state index contributed by atoms with van der Waals surface area (Å²) < 4.78 is 18.7. The summed E-state index contributed by atoms with van der Waals surface area (Å²) in [5, 5.41) is 2.75. The predicted molar refractivity (Wildman–Crippen MR) is 70.4 cm³/mol. The minimum atomic E-state index is -0.749. The summed E-state index contributed by atoms with van der Waals surface area (Å²) in [5.41, 5.74) is 5.01. The molecule has 0 radical (unpaired) electrons. The predicted octanol–water partition coefficient (Wildman–Crippen LogP) is 2.40. The number of aromatic nitrogens is 1. The topological polar surface area (TPSA) is 77.2 Å². The van der Waals surface area contributed by atoms with Crippen LogP contribution in [0.5, 0.6) is 0 Å². The normalized spacial score (nSPS) is 12.9. The van der Waals surface area contributed by atoms with Crippen LogP contribution in [-0.2, 0) is 4.74 Å². The van der Waals surface area contributed by atoms with Gasteiger partial charge in [-0.2, -0.15) is 4.39 Å². The first-order valence-electron chi connectivity index (χ1n) is 5.73. The van der Waals surface area contributed by atoms with Crippen LogP contribution in [0.3, 0.4) is 0 Å². The summed E-state index contributed by atoms with van der Waals surface area (Å²) in [6.45, 7) is 5.18. The molecule has 0 aliphatic heterocycles. The molecule has 19 heavy (non-hydrogen) atoms. The van der Waals surface area contributed by atoms with Crippen LogP contribution in [0.25, 0.3) is 0 Å². The molecule has 0 saturated heterocycles. The van der Waals surface area contributed by atoms with Crippen molar-refractivity contribution in [3.8, 4) is 0 Å². The molecule has 0 saturated carbocycles. The fourth-order valence-corrected chi connectivity index (χ4v) is 1.56. The lowest BCUT2D eigenvalue weighted by molar-refractivity contribution is 0.0504. The Morgan fingerprint density at radius 1 is 1.63 bits per heavy atom. The van der Waals surface area contributed by atoms with Gasteiger partial charge in [0.25, 0.3) is 0 Å². The summed E-state index contributed by atoms with van der Waals surface area (Å²) in [6.07, 6.45) is 0.504. The third kappa shape index (κ3) is 5.00. The van der Waals surface area contributed by atoms with Crippen molar-refractivity contribution in [2.45, 2.75) is 32.4 Å². The second-order valence-corrected chi connectivity index (χ2v) is 5.40. The van der Waals surface area contributed by atoms with Crippen molar-refractivity contribution in [1.29, 1.82) is 0 Å². The number of rotatable bonds is 3. The molecular formula is C12H17ClFN3O2. The van der Waals surface area contributed by atoms with Gasteiger partial charge in [-0.25, -0.2) is 9.78 Å². The van der Waals surface area contributed by atoms with E-state index in [-0.39, 0.29) is 17.1 Å². The van der Waals surface area contributed by atoms with Gasteiger partial charge in [0.05, 0.1) is 11.1 Å². The molecule has 5 nitrogen and oxygen atoms in total. The number of amides is 1. The fourth-order valence-electron chi connectivity index (χ4n) is 1.40. The van der Waals surface area contributed by atoms with Crippen LogP contribution in [0.15, 0.2) is 12.3 Å². The van der Waals surface area contributed by atoms with Crippen LogP contribution in [0.2, 0.25) is 5.02 Å². The number of hydrogen-bond acceptors (Lipinski definition) is 4. The van der Waals surface area contributed by atoms with E-state index in [0.717, 1.165) is 0 Å². The number of carbonyl (C=O) groups excluding carboxylic acids is 1. The minimum Gasteiger partial charge on any atom is -0.444 e. The number of pyridine rings is 1. The van der Waals surface area contributed by atoms with Gasteiger partial charge in [-0.05, 0) is 26.8 Å². The smallest absolute Gasteiger partial charge is 0.408 e. The molecule has 1 amide bonds. The average Bonchev–Trinajstić information content (AvgIpc) is 2.27. The van der Waals surface area contributed by atoms with E-state index in [2.05, 4.69) is 10.3 Å². The van der Waals surface area contributed by atoms with E-state index in [4.69, 9.17) is 22.1 Å². The highest BCUT2D eigenvalue weighted by molar-refractivity contribution is 6.30. The Kier molecular flexibility index (Phi) is 5.08. The summed E-state index contributed by atoms with van der Waals surface area (Å²) in [7, 11) is 0. The Labute approximate surface area is 116 Å². The van der Waals surface area contributed by atoms with Gasteiger partial charge in [0.2, 0.25) is 5.95 Å². The molecule has 7 heteroatoms. The summed E-state index contributed by atoms with van der Waals surface area (Å²) in [5.74, 6) is -0.726. The van der Waals surface area contributed by atoms with Gasteiger partial charge in [-0.3, -0.25) is 0 Å². The highest BCUT2D eigenvalue weighted by Crippen LogP contribution is 2.19. The number of nitrogens with one attached hydrogen (secondary N) is 1. The van der Waals surface area contributed by atoms with Gasteiger partial charge in [-0.1, -0.05) is 11.6 Å². The first-order chi connectivity index (χ1) is 8.73. The average molecular weight is 290 g/mol. The number of halogens is 2. The van der Waals surface area contributed by atoms with E-state index in [9.17, 15) is 9.18 Å². The Bertz CT molecular complexity index is 463. The Hall–Kier alpha value is -1.40. The molecule has 0 aliphatic carbocycles. The molecule has 3 N–H and O–H groups in total. The van der Waals surface area contributed by atoms with Gasteiger partial charge in [0, 0.05) is 18.3 Å². The van der Waals surface area contributed by atoms with Crippen molar-refractivity contribution in [2.75, 3.05) is 6.54 Å². The molecule has 1 aromatic rings. The highest BCUT2D eigenvalue weighted by atomic mass is 35.5. The standard InChI is InChI=1S/C12H17ClFN3O2/c1-12(2,3)19-11(18)17-9(5-15)8-4-7(13)6-16-10(8)14/h4,6,9H,5,15H2,1-3H3,(H,17,18). The molecule has 0 spiro atoms. The Balaban J connectivity index is 2.84. The first kappa shape index (κ1) is 15.7. The Morgan fingerprint density at radius 3 is 2.79 bits per heavy atom. The van der Waals surface area contributed by atoms with Crippen molar-refractivity contribution >= 4 is 17.7 Å². The lowest BCUT2D eigenvalue weighted by atomic mass is 10.1. The molecule has 1 unspecified atom stereocenters. The number of carbonyl (C=O) groups is 1. The van der Waals surface area contributed by atoms with Crippen molar-refractivity contribution < 1.29 is 13.9 Å². The minimum absolute atomic E-state index is 0.00180. The monoisotopic (exact) mass is 289 g/mol. The van der Waals surface area contributed by atoms with Crippen LogP contribution in [0.1, 0.15) is 32.4 Å². The third-order valence-corrected chi connectivity index (χ3v) is 2.34. The van der Waals surface area contributed by atoms with Crippen LogP contribution in [0, 0.1) is 5.95 Å². The SMILES string of the molecule is CC(C)(C)OC(=O)NC(CN)c1cc(Cl)cnc1F. The van der Waals surface area contributed by atoms with Crippen molar-refractivity contribution in [3.63, 3.8) is 0 Å². The number of hydrogen-bond donors (Lipinski definition) is 2. The molecule has 0 fully saturated rings. The number of nitrogens with zero attached hydrogens (tertiary/aromatic N) is 1. The summed E-state index contributed by atoms with van der Waals surface area (Å²) >= 11 is 5.75. The zero-order valence-electron chi connectivity index (χ0n) is 11.0. The lowest BCUT2D eigenvalue weighted by Gasteiger charge is -2.23. The molecule has 106 valence electrons. The van der Waals surface area contributed by atoms with E-state index in [1.54, 1.807) is 20.8 Å². The molecule has 0 aliphatic rings. The van der Waals surface area contributed by atoms with E-state index in [1.807, 2.05) is 0 Å². The van der Waals surface area contributed by atoms with Crippen LogP contribution < -0.4 is 11.1 Å². The number of nitrogens with two attached hydrogens (primary N) is 1. The van der Waals surface area contributed by atoms with Gasteiger partial charge in [-0.15, -0.1) is 0 Å². The fraction of sp³-hybridized carbons (Fsp3) is 0.500. The van der Waals surface area contributed by atoms with Crippen LogP contribution >= 0.6 is 11.6 Å². The van der Waals surface area contributed by atoms with E-state index < -0.39 is 23.7 Å². The largest absolute Gasteiger partial charge is 0.444 e. The number of alkyl carbamates (subject to hydrolysis) is 1. The maximum Gasteiger partial charge on any atom is 0.408 e. The van der Waals surface area contributed by atoms with Crippen molar-refractivity contribution in [3.05, 3.63) is 28.8 Å². The van der Waals surface area contributed by atoms with E-state index in [1.165, 1.54) is 12.3 Å². The van der Waals surface area contributed by atoms with Gasteiger partial charge in [0.1, 0.15) is 5.60 Å². The van der Waals surface area contributed by atoms with E-state index in [0.29, 0.717) is 0 Å². The second kappa shape index (κ2) is 6.16. The molecular weight excluding hydrogens is 273 g/mol. The lowest BCUT2D eigenvalue weighted by Crippen LogP contribution is -2.38. The van der Waals surface area contributed by atoms with Gasteiger partial charge >= 0.3 is 6.09 Å². The molecule has 0 aromatic carbocycles. The van der Waals surface area contributed by atoms with Crippen molar-refractivity contribution in [2.24, 2.45) is 5.73 Å². The molecule has 1 heterocycles. The zero-order chi connectivity index (χ0) is 14.6. The maximum absolute atomic E-state index is 13.6. The summed E-state index contributed by atoms with van der Waals surface area (Å²) in [4.78, 5) is 15.1. The highest BCUT2D eigenvalue weighted by Gasteiger charge is 2.22. The van der Waals surface area contributed by atoms with Crippen LogP contribution in [0.4, 0.5) is 9.18 Å². The maximum atomic E-state index is 13.6. The van der Waals surface area contributed by atoms with E-state index >= 15 is 0 Å². The Morgan fingerprint density at radius 2 is 2.26 bits per heavy atom. The second-order valence-electron chi connectivity index (χ2n) is 4.97. The molecule has 1 aromatic heterocycles. The molecule has 0 bridgehead atoms. The molecule has 1 atom stereocenters. The first-order valence-corrected chi connectivity index (χ1v) is 6.11. The zero-order valence-corrected chi connectivity index (χ0v) is 11.8. The quantitative estimate of drug-likeness (QED) is 0.838. The third-order valence-electron chi connectivity index (χ3n) is 2.13.